The van der Waals surface area contributed by atoms with Crippen LogP contribution in [0.2, 0.25) is 5.02 Å². The molecule has 0 aliphatic carbocycles. The van der Waals surface area contributed by atoms with Crippen LogP contribution in [0.1, 0.15) is 0 Å². The average molecular weight is 347 g/mol. The molecule has 1 N–H and O–H groups in total. The van der Waals surface area contributed by atoms with E-state index in [1.54, 1.807) is 0 Å². The molecule has 0 saturated carbocycles. The number of aromatic nitrogens is 1. The molecule has 0 saturated heterocycles. The molecule has 2 rings (SSSR count). The Bertz CT molecular complexity index is 654. The number of hydrogen-bond donors (Lipinski definition) is 1. The summed E-state index contributed by atoms with van der Waals surface area (Å²) < 4.78 is 13.4. The summed E-state index contributed by atoms with van der Waals surface area (Å²) in [7, 11) is 0. The molecule has 0 atom stereocenters. The molecule has 5 nitrogen and oxygen atoms in total. The van der Waals surface area contributed by atoms with Crippen LogP contribution in [0.15, 0.2) is 34.9 Å². The molecule has 1 heterocycles. The summed E-state index contributed by atoms with van der Waals surface area (Å²) in [6.07, 6.45) is 1.12. The molecule has 8 heteroatoms. The summed E-state index contributed by atoms with van der Waals surface area (Å²) in [4.78, 5) is 13.9. The van der Waals surface area contributed by atoms with Gasteiger partial charge in [-0.3, -0.25) is 10.1 Å². The fourth-order valence-corrected chi connectivity index (χ4v) is 1.95. The molecule has 0 unspecified atom stereocenters. The van der Waals surface area contributed by atoms with Crippen molar-refractivity contribution in [1.29, 1.82) is 0 Å². The van der Waals surface area contributed by atoms with Gasteiger partial charge < -0.3 is 5.32 Å². The van der Waals surface area contributed by atoms with Crippen LogP contribution >= 0.6 is 27.5 Å². The van der Waals surface area contributed by atoms with Crippen molar-refractivity contribution < 1.29 is 9.31 Å². The van der Waals surface area contributed by atoms with E-state index >= 15 is 0 Å². The zero-order chi connectivity index (χ0) is 14.0. The van der Waals surface area contributed by atoms with Crippen molar-refractivity contribution in [1.82, 2.24) is 4.98 Å². The lowest BCUT2D eigenvalue weighted by atomic mass is 10.3. The van der Waals surface area contributed by atoms with Gasteiger partial charge in [0.1, 0.15) is 17.8 Å². The first-order valence-electron chi connectivity index (χ1n) is 4.99. The molecule has 98 valence electrons. The van der Waals surface area contributed by atoms with Crippen molar-refractivity contribution in [2.45, 2.75) is 0 Å². The van der Waals surface area contributed by atoms with Crippen LogP contribution in [0.5, 0.6) is 0 Å². The first kappa shape index (κ1) is 13.7. The lowest BCUT2D eigenvalue weighted by molar-refractivity contribution is -0.385. The van der Waals surface area contributed by atoms with E-state index < -0.39 is 10.7 Å². The Morgan fingerprint density at radius 3 is 2.74 bits per heavy atom. The molecule has 0 amide bonds. The van der Waals surface area contributed by atoms with E-state index in [-0.39, 0.29) is 10.7 Å². The average Bonchev–Trinajstić information content (AvgIpc) is 2.36. The number of benzene rings is 1. The molecule has 0 aliphatic heterocycles. The summed E-state index contributed by atoms with van der Waals surface area (Å²) in [6, 6.07) is 5.41. The van der Waals surface area contributed by atoms with Crippen LogP contribution in [-0.4, -0.2) is 9.91 Å². The normalized spacial score (nSPS) is 10.3. The van der Waals surface area contributed by atoms with Gasteiger partial charge in [0.05, 0.1) is 14.4 Å². The second-order valence-corrected chi connectivity index (χ2v) is 4.80. The predicted molar refractivity (Wildman–Crippen MR) is 73.3 cm³/mol. The van der Waals surface area contributed by atoms with Gasteiger partial charge in [0, 0.05) is 11.8 Å². The Hall–Kier alpha value is -1.73. The highest BCUT2D eigenvalue weighted by Crippen LogP contribution is 2.28. The fourth-order valence-electron chi connectivity index (χ4n) is 1.33. The first-order valence-corrected chi connectivity index (χ1v) is 6.16. The van der Waals surface area contributed by atoms with E-state index in [9.17, 15) is 14.5 Å². The number of anilines is 2. The van der Waals surface area contributed by atoms with Crippen LogP contribution in [-0.2, 0) is 0 Å². The molecule has 19 heavy (non-hydrogen) atoms. The quantitative estimate of drug-likeness (QED) is 0.665. The summed E-state index contributed by atoms with van der Waals surface area (Å²) in [5.74, 6) is -0.156. The van der Waals surface area contributed by atoms with E-state index in [0.29, 0.717) is 16.0 Å². The standard InChI is InChI=1S/C11H6BrClFN3O2/c12-8-4-7(17(18)19)5-15-11(8)16-6-1-2-10(14)9(13)3-6/h1-5H,(H,15,16). The highest BCUT2D eigenvalue weighted by atomic mass is 79.9. The van der Waals surface area contributed by atoms with E-state index in [4.69, 9.17) is 11.6 Å². The fraction of sp³-hybridized carbons (Fsp3) is 0. The minimum absolute atomic E-state index is 0.0250. The molecule has 0 spiro atoms. The van der Waals surface area contributed by atoms with Gasteiger partial charge in [-0.25, -0.2) is 9.37 Å². The maximum absolute atomic E-state index is 13.0. The Morgan fingerprint density at radius 1 is 1.42 bits per heavy atom. The zero-order valence-electron chi connectivity index (χ0n) is 9.23. The number of nitro groups is 1. The Morgan fingerprint density at radius 2 is 2.16 bits per heavy atom. The number of halogens is 3. The largest absolute Gasteiger partial charge is 0.339 e. The van der Waals surface area contributed by atoms with E-state index in [1.165, 1.54) is 24.3 Å². The molecule has 2 aromatic rings. The Kier molecular flexibility index (Phi) is 3.96. The monoisotopic (exact) mass is 345 g/mol. The first-order chi connectivity index (χ1) is 8.97. The molecule has 1 aromatic heterocycles. The van der Waals surface area contributed by atoms with Crippen molar-refractivity contribution >= 4 is 44.7 Å². The SMILES string of the molecule is O=[N+]([O-])c1cnc(Nc2ccc(F)c(Cl)c2)c(Br)c1. The van der Waals surface area contributed by atoms with Gasteiger partial charge in [0.15, 0.2) is 0 Å². The molecule has 0 fully saturated rings. The summed E-state index contributed by atoms with van der Waals surface area (Å²) >= 11 is 8.82. The number of hydrogen-bond acceptors (Lipinski definition) is 4. The lowest BCUT2D eigenvalue weighted by Gasteiger charge is -2.07. The molecule has 0 aliphatic rings. The number of pyridine rings is 1. The second kappa shape index (κ2) is 5.50. The van der Waals surface area contributed by atoms with Crippen molar-refractivity contribution in [2.75, 3.05) is 5.32 Å². The Balaban J connectivity index is 2.28. The van der Waals surface area contributed by atoms with Crippen molar-refractivity contribution in [3.05, 3.63) is 55.9 Å². The van der Waals surface area contributed by atoms with Crippen molar-refractivity contribution in [3.8, 4) is 0 Å². The van der Waals surface area contributed by atoms with Gasteiger partial charge in [-0.1, -0.05) is 11.6 Å². The van der Waals surface area contributed by atoms with Gasteiger partial charge in [-0.05, 0) is 34.1 Å². The molecule has 1 aromatic carbocycles. The number of nitrogens with zero attached hydrogens (tertiary/aromatic N) is 2. The number of rotatable bonds is 3. The van der Waals surface area contributed by atoms with Crippen molar-refractivity contribution in [3.63, 3.8) is 0 Å². The summed E-state index contributed by atoms with van der Waals surface area (Å²) in [5.41, 5.74) is 0.392. The summed E-state index contributed by atoms with van der Waals surface area (Å²) in [5, 5.41) is 13.4. The number of nitrogens with one attached hydrogen (secondary N) is 1. The smallest absolute Gasteiger partial charge is 0.288 e. The van der Waals surface area contributed by atoms with Gasteiger partial charge in [-0.2, -0.15) is 0 Å². The third-order valence-corrected chi connectivity index (χ3v) is 3.11. The van der Waals surface area contributed by atoms with Gasteiger partial charge in [0.2, 0.25) is 0 Å². The van der Waals surface area contributed by atoms with Gasteiger partial charge in [-0.15, -0.1) is 0 Å². The zero-order valence-corrected chi connectivity index (χ0v) is 11.6. The molecule has 0 radical (unpaired) electrons. The highest BCUT2D eigenvalue weighted by Gasteiger charge is 2.11. The van der Waals surface area contributed by atoms with Crippen LogP contribution in [0.25, 0.3) is 0 Å². The molecular formula is C11H6BrClFN3O2. The maximum atomic E-state index is 13.0. The van der Waals surface area contributed by atoms with Gasteiger partial charge >= 0.3 is 0 Å². The third-order valence-electron chi connectivity index (χ3n) is 2.22. The van der Waals surface area contributed by atoms with Gasteiger partial charge in [0.25, 0.3) is 5.69 Å². The lowest BCUT2D eigenvalue weighted by Crippen LogP contribution is -1.97. The minimum Gasteiger partial charge on any atom is -0.339 e. The van der Waals surface area contributed by atoms with Crippen LogP contribution < -0.4 is 5.32 Å². The molecule has 0 bridgehead atoms. The van der Waals surface area contributed by atoms with Crippen LogP contribution in [0, 0.1) is 15.9 Å². The van der Waals surface area contributed by atoms with Crippen LogP contribution in [0.4, 0.5) is 21.6 Å². The predicted octanol–water partition coefficient (Wildman–Crippen LogP) is 4.29. The highest BCUT2D eigenvalue weighted by molar-refractivity contribution is 9.10. The Labute approximate surface area is 120 Å². The van der Waals surface area contributed by atoms with Crippen LogP contribution in [0.3, 0.4) is 0 Å². The van der Waals surface area contributed by atoms with E-state index in [2.05, 4.69) is 26.2 Å². The molecular weight excluding hydrogens is 340 g/mol. The van der Waals surface area contributed by atoms with Crippen molar-refractivity contribution in [2.24, 2.45) is 0 Å². The van der Waals surface area contributed by atoms with E-state index in [0.717, 1.165) is 6.20 Å². The maximum Gasteiger partial charge on any atom is 0.288 e. The van der Waals surface area contributed by atoms with E-state index in [1.807, 2.05) is 0 Å². The third kappa shape index (κ3) is 3.18. The topological polar surface area (TPSA) is 68.1 Å². The minimum atomic E-state index is -0.545. The summed E-state index contributed by atoms with van der Waals surface area (Å²) in [6.45, 7) is 0. The second-order valence-electron chi connectivity index (χ2n) is 3.53.